The lowest BCUT2D eigenvalue weighted by molar-refractivity contribution is -0.386. The second-order valence-electron chi connectivity index (χ2n) is 7.02. The van der Waals surface area contributed by atoms with Crippen LogP contribution in [0.3, 0.4) is 0 Å². The Morgan fingerprint density at radius 3 is 2.86 bits per heavy atom. The molecule has 2 aliphatic heterocycles. The SMILES string of the molecule is COc1cc([C@H]2Nc3ccccc3C(=O)N2C[C@@H]2CCCO2)c([N+](=O)[O-])cc1O. The molecule has 9 nitrogen and oxygen atoms in total. The van der Waals surface area contributed by atoms with E-state index in [1.807, 2.05) is 0 Å². The molecule has 0 aliphatic carbocycles. The summed E-state index contributed by atoms with van der Waals surface area (Å²) in [5, 5.41) is 25.0. The van der Waals surface area contributed by atoms with E-state index in [9.17, 15) is 20.0 Å². The first-order valence-electron chi connectivity index (χ1n) is 9.33. The van der Waals surface area contributed by atoms with E-state index in [1.54, 1.807) is 29.2 Å². The third kappa shape index (κ3) is 3.44. The fourth-order valence-corrected chi connectivity index (χ4v) is 3.85. The maximum Gasteiger partial charge on any atom is 0.280 e. The van der Waals surface area contributed by atoms with Crippen LogP contribution in [0.1, 0.15) is 34.9 Å². The minimum atomic E-state index is -0.809. The molecule has 2 heterocycles. The summed E-state index contributed by atoms with van der Waals surface area (Å²) in [6.07, 6.45) is 0.788. The number of benzene rings is 2. The minimum Gasteiger partial charge on any atom is -0.504 e. The van der Waals surface area contributed by atoms with Crippen molar-refractivity contribution in [3.8, 4) is 11.5 Å². The topological polar surface area (TPSA) is 114 Å². The molecular weight excluding hydrogens is 378 g/mol. The Morgan fingerprint density at radius 1 is 1.38 bits per heavy atom. The molecule has 2 atom stereocenters. The van der Waals surface area contributed by atoms with Crippen LogP contribution >= 0.6 is 0 Å². The molecule has 0 unspecified atom stereocenters. The molecule has 2 aromatic rings. The Morgan fingerprint density at radius 2 is 2.17 bits per heavy atom. The van der Waals surface area contributed by atoms with Crippen LogP contribution in [-0.4, -0.2) is 47.2 Å². The van der Waals surface area contributed by atoms with Crippen molar-refractivity contribution in [3.05, 3.63) is 57.6 Å². The average Bonchev–Trinajstić information content (AvgIpc) is 3.23. The number of fused-ring (bicyclic) bond motifs is 1. The van der Waals surface area contributed by atoms with Crippen LogP contribution in [0.25, 0.3) is 0 Å². The van der Waals surface area contributed by atoms with Crippen LogP contribution in [0.2, 0.25) is 0 Å². The Labute approximate surface area is 167 Å². The number of para-hydroxylation sites is 1. The van der Waals surface area contributed by atoms with E-state index in [0.29, 0.717) is 24.4 Å². The van der Waals surface area contributed by atoms with Gasteiger partial charge in [0.1, 0.15) is 6.17 Å². The van der Waals surface area contributed by atoms with Crippen molar-refractivity contribution in [1.29, 1.82) is 0 Å². The van der Waals surface area contributed by atoms with Gasteiger partial charge >= 0.3 is 0 Å². The molecule has 1 fully saturated rings. The number of carbonyl (C=O) groups is 1. The van der Waals surface area contributed by atoms with E-state index in [1.165, 1.54) is 13.2 Å². The largest absolute Gasteiger partial charge is 0.504 e. The fourth-order valence-electron chi connectivity index (χ4n) is 3.85. The number of nitro groups is 1. The Balaban J connectivity index is 1.83. The second-order valence-corrected chi connectivity index (χ2v) is 7.02. The molecule has 0 aromatic heterocycles. The van der Waals surface area contributed by atoms with Gasteiger partial charge < -0.3 is 24.8 Å². The molecule has 152 valence electrons. The smallest absolute Gasteiger partial charge is 0.280 e. The molecule has 2 N–H and O–H groups in total. The first-order chi connectivity index (χ1) is 14.0. The molecule has 2 aromatic carbocycles. The zero-order chi connectivity index (χ0) is 20.5. The van der Waals surface area contributed by atoms with Crippen molar-refractivity contribution < 1.29 is 24.3 Å². The first-order valence-corrected chi connectivity index (χ1v) is 9.33. The summed E-state index contributed by atoms with van der Waals surface area (Å²) < 4.78 is 10.8. The van der Waals surface area contributed by atoms with Crippen LogP contribution in [0.15, 0.2) is 36.4 Å². The summed E-state index contributed by atoms with van der Waals surface area (Å²) in [5.74, 6) is -0.479. The summed E-state index contributed by atoms with van der Waals surface area (Å²) in [5.41, 5.74) is 1.01. The average molecular weight is 399 g/mol. The summed E-state index contributed by atoms with van der Waals surface area (Å²) in [6, 6.07) is 9.48. The number of nitrogens with zero attached hydrogens (tertiary/aromatic N) is 2. The van der Waals surface area contributed by atoms with Crippen molar-refractivity contribution in [1.82, 2.24) is 4.90 Å². The lowest BCUT2D eigenvalue weighted by atomic mass is 10.0. The Hall–Kier alpha value is -3.33. The predicted octanol–water partition coefficient (Wildman–Crippen LogP) is 3.05. The molecule has 4 rings (SSSR count). The number of amides is 1. The van der Waals surface area contributed by atoms with Crippen LogP contribution < -0.4 is 10.1 Å². The van der Waals surface area contributed by atoms with E-state index in [0.717, 1.165) is 18.9 Å². The number of phenolic OH excluding ortho intramolecular Hbond substituents is 1. The van der Waals surface area contributed by atoms with Gasteiger partial charge in [-0.05, 0) is 31.0 Å². The van der Waals surface area contributed by atoms with Gasteiger partial charge in [0.15, 0.2) is 11.5 Å². The highest BCUT2D eigenvalue weighted by Crippen LogP contribution is 2.41. The maximum absolute atomic E-state index is 13.3. The molecule has 2 aliphatic rings. The number of methoxy groups -OCH3 is 1. The summed E-state index contributed by atoms with van der Waals surface area (Å²) in [7, 11) is 1.36. The van der Waals surface area contributed by atoms with Gasteiger partial charge in [0.25, 0.3) is 11.6 Å². The Bertz CT molecular complexity index is 957. The lowest BCUT2D eigenvalue weighted by Gasteiger charge is -2.39. The number of hydrogen-bond acceptors (Lipinski definition) is 7. The Kier molecular flexibility index (Phi) is 4.98. The van der Waals surface area contributed by atoms with Gasteiger partial charge in [-0.2, -0.15) is 0 Å². The second kappa shape index (κ2) is 7.59. The molecular formula is C20H21N3O6. The van der Waals surface area contributed by atoms with E-state index in [2.05, 4.69) is 5.32 Å². The first kappa shape index (κ1) is 19.0. The van der Waals surface area contributed by atoms with Gasteiger partial charge in [0.2, 0.25) is 0 Å². The third-order valence-electron chi connectivity index (χ3n) is 5.27. The quantitative estimate of drug-likeness (QED) is 0.587. The molecule has 0 spiro atoms. The zero-order valence-electron chi connectivity index (χ0n) is 15.8. The number of nitrogens with one attached hydrogen (secondary N) is 1. The standard InChI is InChI=1S/C20H21N3O6/c1-28-18-9-14(16(23(26)27)10-17(18)24)19-21-15-7-3-2-6-13(15)20(25)22(19)11-12-5-4-8-29-12/h2-3,6-7,9-10,12,19,21,24H,4-5,8,11H2,1H3/t12-,19-/m0/s1. The minimum absolute atomic E-state index is 0.0933. The monoisotopic (exact) mass is 399 g/mol. The fraction of sp³-hybridized carbons (Fsp3) is 0.350. The highest BCUT2D eigenvalue weighted by Gasteiger charge is 2.38. The van der Waals surface area contributed by atoms with Crippen LogP contribution in [0.4, 0.5) is 11.4 Å². The number of phenols is 1. The van der Waals surface area contributed by atoms with Gasteiger partial charge in [-0.15, -0.1) is 0 Å². The molecule has 1 amide bonds. The number of carbonyl (C=O) groups excluding carboxylic acids is 1. The highest BCUT2D eigenvalue weighted by molar-refractivity contribution is 6.01. The maximum atomic E-state index is 13.3. The normalized spacial score (nSPS) is 20.9. The van der Waals surface area contributed by atoms with Gasteiger partial charge in [0, 0.05) is 18.8 Å². The summed E-state index contributed by atoms with van der Waals surface area (Å²) in [4.78, 5) is 25.9. The molecule has 0 bridgehead atoms. The van der Waals surface area contributed by atoms with Crippen molar-refractivity contribution in [2.75, 3.05) is 25.6 Å². The molecule has 9 heteroatoms. The summed E-state index contributed by atoms with van der Waals surface area (Å²) >= 11 is 0. The highest BCUT2D eigenvalue weighted by atomic mass is 16.6. The van der Waals surface area contributed by atoms with Crippen molar-refractivity contribution in [3.63, 3.8) is 0 Å². The van der Waals surface area contributed by atoms with Crippen molar-refractivity contribution in [2.45, 2.75) is 25.1 Å². The lowest BCUT2D eigenvalue weighted by Crippen LogP contribution is -2.46. The van der Waals surface area contributed by atoms with Gasteiger partial charge in [0.05, 0.1) is 35.3 Å². The van der Waals surface area contributed by atoms with E-state index >= 15 is 0 Å². The van der Waals surface area contributed by atoms with Crippen LogP contribution in [-0.2, 0) is 4.74 Å². The number of aromatic hydroxyl groups is 1. The number of anilines is 1. The van der Waals surface area contributed by atoms with Gasteiger partial charge in [-0.3, -0.25) is 14.9 Å². The number of nitro benzene ring substituents is 1. The number of rotatable bonds is 5. The van der Waals surface area contributed by atoms with Crippen LogP contribution in [0, 0.1) is 10.1 Å². The van der Waals surface area contributed by atoms with Crippen LogP contribution in [0.5, 0.6) is 11.5 Å². The number of ether oxygens (including phenoxy) is 2. The van der Waals surface area contributed by atoms with E-state index in [-0.39, 0.29) is 34.8 Å². The van der Waals surface area contributed by atoms with E-state index in [4.69, 9.17) is 9.47 Å². The van der Waals surface area contributed by atoms with Gasteiger partial charge in [-0.1, -0.05) is 12.1 Å². The molecule has 1 saturated heterocycles. The number of hydrogen-bond donors (Lipinski definition) is 2. The van der Waals surface area contributed by atoms with Crippen molar-refractivity contribution >= 4 is 17.3 Å². The molecule has 0 saturated carbocycles. The zero-order valence-corrected chi connectivity index (χ0v) is 15.8. The molecule has 0 radical (unpaired) electrons. The third-order valence-corrected chi connectivity index (χ3v) is 5.27. The predicted molar refractivity (Wildman–Crippen MR) is 104 cm³/mol. The van der Waals surface area contributed by atoms with Crippen molar-refractivity contribution in [2.24, 2.45) is 0 Å². The molecule has 29 heavy (non-hydrogen) atoms. The van der Waals surface area contributed by atoms with E-state index < -0.39 is 11.1 Å². The van der Waals surface area contributed by atoms with Gasteiger partial charge in [-0.25, -0.2) is 0 Å². The summed E-state index contributed by atoms with van der Waals surface area (Å²) in [6.45, 7) is 0.930.